The molecule has 1 fully saturated rings. The average molecular weight is 453 g/mol. The fourth-order valence-electron chi connectivity index (χ4n) is 4.30. The zero-order valence-corrected chi connectivity index (χ0v) is 18.4. The zero-order chi connectivity index (χ0) is 23.9. The van der Waals surface area contributed by atoms with Crippen molar-refractivity contribution in [3.05, 3.63) is 84.4 Å². The van der Waals surface area contributed by atoms with E-state index in [4.69, 9.17) is 5.26 Å². The second-order valence-electron chi connectivity index (χ2n) is 8.16. The minimum atomic E-state index is -0.891. The van der Waals surface area contributed by atoms with Gasteiger partial charge in [-0.3, -0.25) is 14.9 Å². The highest BCUT2D eigenvalue weighted by Gasteiger charge is 2.37. The molecule has 1 aliphatic rings. The Balaban J connectivity index is 1.51. The lowest BCUT2D eigenvalue weighted by molar-refractivity contribution is -0.142. The fourth-order valence-corrected chi connectivity index (χ4v) is 4.30. The van der Waals surface area contributed by atoms with Crippen molar-refractivity contribution in [2.45, 2.75) is 19.3 Å². The highest BCUT2D eigenvalue weighted by Crippen LogP contribution is 2.35. The molecule has 0 heterocycles. The van der Waals surface area contributed by atoms with Gasteiger partial charge in [0.2, 0.25) is 5.96 Å². The molecule has 1 saturated carbocycles. The number of rotatable bonds is 6. The molecule has 0 aliphatic heterocycles. The van der Waals surface area contributed by atoms with Crippen molar-refractivity contribution in [1.82, 2.24) is 5.32 Å². The van der Waals surface area contributed by atoms with Crippen LogP contribution < -0.4 is 10.6 Å². The molecule has 1 aliphatic carbocycles. The molecule has 2 atom stereocenters. The predicted octanol–water partition coefficient (Wildman–Crippen LogP) is 5.21. The van der Waals surface area contributed by atoms with E-state index in [1.807, 2.05) is 72.9 Å². The lowest BCUT2D eigenvalue weighted by Gasteiger charge is -2.15. The number of ketones is 1. The summed E-state index contributed by atoms with van der Waals surface area (Å²) in [7, 11) is 0. The molecule has 7 nitrogen and oxygen atoms in total. The Morgan fingerprint density at radius 2 is 1.65 bits per heavy atom. The third-order valence-corrected chi connectivity index (χ3v) is 5.97. The number of benzene rings is 3. The van der Waals surface area contributed by atoms with Crippen LogP contribution in [-0.4, -0.2) is 22.8 Å². The number of hydrogen-bond donors (Lipinski definition) is 3. The van der Waals surface area contributed by atoms with Crippen LogP contribution in [0.3, 0.4) is 0 Å². The van der Waals surface area contributed by atoms with E-state index in [-0.39, 0.29) is 5.78 Å². The molecule has 0 saturated heterocycles. The van der Waals surface area contributed by atoms with Crippen LogP contribution in [0.4, 0.5) is 11.4 Å². The average Bonchev–Trinajstić information content (AvgIpc) is 3.35. The molecule has 0 radical (unpaired) electrons. The quantitative estimate of drug-likeness (QED) is 0.156. The van der Waals surface area contributed by atoms with E-state index in [0.29, 0.717) is 30.1 Å². The van der Waals surface area contributed by atoms with Crippen molar-refractivity contribution < 1.29 is 14.7 Å². The van der Waals surface area contributed by atoms with Gasteiger partial charge >= 0.3 is 5.97 Å². The van der Waals surface area contributed by atoms with E-state index >= 15 is 0 Å². The van der Waals surface area contributed by atoms with Crippen molar-refractivity contribution >= 4 is 29.1 Å². The van der Waals surface area contributed by atoms with E-state index in [0.717, 1.165) is 23.2 Å². The van der Waals surface area contributed by atoms with Crippen LogP contribution >= 0.6 is 0 Å². The summed E-state index contributed by atoms with van der Waals surface area (Å²) in [5.74, 6) is -1.74. The molecule has 0 spiro atoms. The van der Waals surface area contributed by atoms with Gasteiger partial charge < -0.3 is 10.4 Å². The minimum absolute atomic E-state index is 0.101. The molecular weight excluding hydrogens is 428 g/mol. The van der Waals surface area contributed by atoms with Gasteiger partial charge in [-0.15, -0.1) is 0 Å². The van der Waals surface area contributed by atoms with Crippen LogP contribution in [0, 0.1) is 23.3 Å². The van der Waals surface area contributed by atoms with Crippen molar-refractivity contribution in [1.29, 1.82) is 5.26 Å². The van der Waals surface area contributed by atoms with E-state index in [1.54, 1.807) is 12.1 Å². The molecular formula is C27H24N4O3. The van der Waals surface area contributed by atoms with E-state index < -0.39 is 17.8 Å². The van der Waals surface area contributed by atoms with Gasteiger partial charge in [0.1, 0.15) is 0 Å². The molecule has 7 heteroatoms. The Hall–Kier alpha value is -4.44. The van der Waals surface area contributed by atoms with E-state index in [2.05, 4.69) is 15.6 Å². The van der Waals surface area contributed by atoms with Gasteiger partial charge in [0.15, 0.2) is 12.0 Å². The molecule has 3 N–H and O–H groups in total. The van der Waals surface area contributed by atoms with Gasteiger partial charge in [0.25, 0.3) is 0 Å². The first-order valence-corrected chi connectivity index (χ1v) is 11.1. The zero-order valence-electron chi connectivity index (χ0n) is 18.4. The highest BCUT2D eigenvalue weighted by molar-refractivity contribution is 6.00. The van der Waals surface area contributed by atoms with Crippen molar-refractivity contribution in [3.8, 4) is 17.3 Å². The SMILES string of the molecule is N#CNC(=Nc1ccccc1)Nc1cccc(-c2ccc(C(=O)[C@@H]3CCC[C@H]3C(=O)O)cc2)c1. The van der Waals surface area contributed by atoms with Crippen LogP contribution in [0.1, 0.15) is 29.6 Å². The molecule has 0 unspecified atom stereocenters. The highest BCUT2D eigenvalue weighted by atomic mass is 16.4. The smallest absolute Gasteiger partial charge is 0.307 e. The number of carboxylic acids is 1. The Bertz CT molecular complexity index is 1250. The number of hydrogen-bond acceptors (Lipinski definition) is 4. The number of nitriles is 1. The topological polar surface area (TPSA) is 115 Å². The first-order valence-electron chi connectivity index (χ1n) is 11.1. The van der Waals surface area contributed by atoms with Gasteiger partial charge in [-0.1, -0.05) is 61.0 Å². The second-order valence-corrected chi connectivity index (χ2v) is 8.16. The van der Waals surface area contributed by atoms with Crippen LogP contribution in [-0.2, 0) is 4.79 Å². The summed E-state index contributed by atoms with van der Waals surface area (Å²) in [6.07, 6.45) is 3.83. The van der Waals surface area contributed by atoms with Gasteiger partial charge in [0, 0.05) is 17.2 Å². The lowest BCUT2D eigenvalue weighted by atomic mass is 9.88. The summed E-state index contributed by atoms with van der Waals surface area (Å²) in [5.41, 5.74) is 3.81. The maximum atomic E-state index is 12.9. The van der Waals surface area contributed by atoms with E-state index in [9.17, 15) is 14.7 Å². The Labute approximate surface area is 197 Å². The predicted molar refractivity (Wildman–Crippen MR) is 131 cm³/mol. The van der Waals surface area contributed by atoms with Crippen molar-refractivity contribution in [3.63, 3.8) is 0 Å². The largest absolute Gasteiger partial charge is 0.481 e. The van der Waals surface area contributed by atoms with Crippen LogP contribution in [0.5, 0.6) is 0 Å². The molecule has 4 rings (SSSR count). The van der Waals surface area contributed by atoms with Gasteiger partial charge in [0.05, 0.1) is 11.6 Å². The van der Waals surface area contributed by atoms with Gasteiger partial charge in [-0.2, -0.15) is 5.26 Å². The Kier molecular flexibility index (Phi) is 6.99. The molecule has 3 aromatic carbocycles. The second kappa shape index (κ2) is 10.5. The van der Waals surface area contributed by atoms with Crippen LogP contribution in [0.2, 0.25) is 0 Å². The summed E-state index contributed by atoms with van der Waals surface area (Å²) in [6.45, 7) is 0. The molecule has 3 aromatic rings. The van der Waals surface area contributed by atoms with Gasteiger partial charge in [-0.05, 0) is 48.2 Å². The summed E-state index contributed by atoms with van der Waals surface area (Å²) >= 11 is 0. The molecule has 0 aromatic heterocycles. The number of carboxylic acid groups (broad SMARTS) is 1. The summed E-state index contributed by atoms with van der Waals surface area (Å²) in [5, 5.41) is 24.2. The lowest BCUT2D eigenvalue weighted by Crippen LogP contribution is -2.26. The number of nitrogens with one attached hydrogen (secondary N) is 2. The van der Waals surface area contributed by atoms with E-state index in [1.165, 1.54) is 0 Å². The number of aliphatic imine (C=N–C) groups is 1. The Morgan fingerprint density at radius 3 is 2.35 bits per heavy atom. The standard InChI is InChI=1S/C27H24N4O3/c28-17-29-27(30-21-7-2-1-3-8-21)31-22-9-4-6-20(16-22)18-12-14-19(15-13-18)25(32)23-10-5-11-24(23)26(33)34/h1-4,6-9,12-16,23-24H,5,10-11H2,(H,33,34)(H2,29,30,31)/t23-,24-/m1/s1. The van der Waals surface area contributed by atoms with Crippen LogP contribution in [0.15, 0.2) is 83.9 Å². The monoisotopic (exact) mass is 452 g/mol. The molecule has 0 bridgehead atoms. The maximum Gasteiger partial charge on any atom is 0.307 e. The number of Topliss-reactive ketones (excluding diaryl/α,β-unsaturated/α-hetero) is 1. The number of para-hydroxylation sites is 1. The number of anilines is 1. The van der Waals surface area contributed by atoms with Crippen LogP contribution in [0.25, 0.3) is 11.1 Å². The number of carbonyl (C=O) groups excluding carboxylic acids is 1. The molecule has 0 amide bonds. The summed E-state index contributed by atoms with van der Waals surface area (Å²) in [6, 6.07) is 24.2. The normalized spacial score (nSPS) is 17.6. The first-order chi connectivity index (χ1) is 16.5. The Morgan fingerprint density at radius 1 is 0.912 bits per heavy atom. The minimum Gasteiger partial charge on any atom is -0.481 e. The third kappa shape index (κ3) is 5.30. The fraction of sp³-hybridized carbons (Fsp3) is 0.185. The number of guanidine groups is 1. The number of carbonyl (C=O) groups is 2. The molecule has 34 heavy (non-hydrogen) atoms. The summed E-state index contributed by atoms with van der Waals surface area (Å²) in [4.78, 5) is 28.8. The van der Waals surface area contributed by atoms with Crippen molar-refractivity contribution in [2.24, 2.45) is 16.8 Å². The maximum absolute atomic E-state index is 12.9. The third-order valence-electron chi connectivity index (χ3n) is 5.97. The van der Waals surface area contributed by atoms with Crippen molar-refractivity contribution in [2.75, 3.05) is 5.32 Å². The number of nitrogens with zero attached hydrogens (tertiary/aromatic N) is 2. The molecule has 170 valence electrons. The summed E-state index contributed by atoms with van der Waals surface area (Å²) < 4.78 is 0. The first kappa shape index (κ1) is 22.7. The number of aliphatic carboxylic acids is 1. The van der Waals surface area contributed by atoms with Gasteiger partial charge in [-0.25, -0.2) is 4.99 Å².